The van der Waals surface area contributed by atoms with Gasteiger partial charge in [-0.15, -0.1) is 10.2 Å². The van der Waals surface area contributed by atoms with E-state index in [0.29, 0.717) is 22.5 Å². The molecule has 0 unspecified atom stereocenters. The van der Waals surface area contributed by atoms with E-state index in [1.54, 1.807) is 24.9 Å². The van der Waals surface area contributed by atoms with Gasteiger partial charge in [-0.25, -0.2) is 0 Å². The normalized spacial score (nSPS) is 11.0. The van der Waals surface area contributed by atoms with Crippen LogP contribution in [0.1, 0.15) is 17.0 Å². The molecule has 3 aromatic rings. The summed E-state index contributed by atoms with van der Waals surface area (Å²) in [5.74, 6) is 1.52. The molecular weight excluding hydrogens is 377 g/mol. The van der Waals surface area contributed by atoms with E-state index in [2.05, 4.69) is 29.3 Å². The molecule has 0 N–H and O–H groups in total. The highest BCUT2D eigenvalue weighted by atomic mass is 35.5. The Bertz CT molecular complexity index is 883. The van der Waals surface area contributed by atoms with Crippen molar-refractivity contribution in [2.75, 3.05) is 7.11 Å². The van der Waals surface area contributed by atoms with Gasteiger partial charge in [0.2, 0.25) is 0 Å². The molecule has 0 aliphatic carbocycles. The molecule has 0 fully saturated rings. The lowest BCUT2D eigenvalue weighted by atomic mass is 10.1. The second kappa shape index (κ2) is 8.23. The Hall–Kier alpha value is -1.53. The van der Waals surface area contributed by atoms with Crippen LogP contribution in [0.2, 0.25) is 10.0 Å². The second-order valence-corrected chi connectivity index (χ2v) is 7.24. The molecule has 25 heavy (non-hydrogen) atoms. The fourth-order valence-electron chi connectivity index (χ4n) is 2.41. The summed E-state index contributed by atoms with van der Waals surface area (Å²) in [5, 5.41) is 10.4. The number of nitrogens with zero attached hydrogens (tertiary/aromatic N) is 3. The third-order valence-corrected chi connectivity index (χ3v) is 5.47. The van der Waals surface area contributed by atoms with Crippen molar-refractivity contribution in [3.63, 3.8) is 0 Å². The highest BCUT2D eigenvalue weighted by Crippen LogP contribution is 2.30. The molecule has 0 saturated carbocycles. The number of thioether (sulfide) groups is 1. The maximum absolute atomic E-state index is 6.18. The first-order valence-electron chi connectivity index (χ1n) is 7.66. The summed E-state index contributed by atoms with van der Waals surface area (Å²) in [6.45, 7) is 2.47. The van der Waals surface area contributed by atoms with Crippen LogP contribution in [0.4, 0.5) is 0 Å². The zero-order valence-electron chi connectivity index (χ0n) is 13.9. The van der Waals surface area contributed by atoms with Crippen LogP contribution in [0.5, 0.6) is 0 Å². The number of ether oxygens (including phenoxy) is 1. The maximum Gasteiger partial charge on any atom is 0.196 e. The Morgan fingerprint density at radius 2 is 1.88 bits per heavy atom. The molecule has 0 radical (unpaired) electrons. The first-order chi connectivity index (χ1) is 12.1. The van der Waals surface area contributed by atoms with Gasteiger partial charge in [-0.1, -0.05) is 59.2 Å². The number of halogens is 2. The number of aromatic nitrogens is 3. The van der Waals surface area contributed by atoms with Gasteiger partial charge in [-0.2, -0.15) is 0 Å². The van der Waals surface area contributed by atoms with E-state index < -0.39 is 0 Å². The predicted octanol–water partition coefficient (Wildman–Crippen LogP) is 5.32. The second-order valence-electron chi connectivity index (χ2n) is 5.48. The SMILES string of the molecule is COCc1nnc(SCc2ccccc2C)n1-c1ccc(Cl)c(Cl)c1. The summed E-state index contributed by atoms with van der Waals surface area (Å²) in [5.41, 5.74) is 3.39. The highest BCUT2D eigenvalue weighted by molar-refractivity contribution is 7.98. The van der Waals surface area contributed by atoms with E-state index in [1.165, 1.54) is 11.1 Å². The Kier molecular flexibility index (Phi) is 6.02. The van der Waals surface area contributed by atoms with E-state index >= 15 is 0 Å². The molecule has 0 atom stereocenters. The van der Waals surface area contributed by atoms with Crippen LogP contribution in [0.3, 0.4) is 0 Å². The van der Waals surface area contributed by atoms with Crippen molar-refractivity contribution in [3.8, 4) is 5.69 Å². The molecular formula is C18H17Cl2N3OS. The van der Waals surface area contributed by atoms with Crippen molar-refractivity contribution >= 4 is 35.0 Å². The Morgan fingerprint density at radius 1 is 1.08 bits per heavy atom. The molecule has 2 aromatic carbocycles. The molecule has 7 heteroatoms. The molecule has 130 valence electrons. The molecule has 0 bridgehead atoms. The molecule has 1 aromatic heterocycles. The summed E-state index contributed by atoms with van der Waals surface area (Å²) < 4.78 is 7.20. The minimum Gasteiger partial charge on any atom is -0.377 e. The van der Waals surface area contributed by atoms with E-state index in [-0.39, 0.29) is 0 Å². The molecule has 1 heterocycles. The van der Waals surface area contributed by atoms with Crippen molar-refractivity contribution in [2.45, 2.75) is 24.4 Å². The lowest BCUT2D eigenvalue weighted by Crippen LogP contribution is -2.04. The number of methoxy groups -OCH3 is 1. The molecule has 0 amide bonds. The minimum atomic E-state index is 0.359. The van der Waals surface area contributed by atoms with E-state index in [9.17, 15) is 0 Å². The summed E-state index contributed by atoms with van der Waals surface area (Å²) in [6, 6.07) is 13.8. The van der Waals surface area contributed by atoms with Gasteiger partial charge < -0.3 is 4.74 Å². The summed E-state index contributed by atoms with van der Waals surface area (Å²) in [7, 11) is 1.63. The van der Waals surface area contributed by atoms with E-state index in [4.69, 9.17) is 27.9 Å². The third kappa shape index (κ3) is 4.18. The monoisotopic (exact) mass is 393 g/mol. The zero-order valence-corrected chi connectivity index (χ0v) is 16.2. The molecule has 0 aliphatic heterocycles. The number of aryl methyl sites for hydroxylation is 1. The Balaban J connectivity index is 1.94. The average molecular weight is 394 g/mol. The van der Waals surface area contributed by atoms with Crippen molar-refractivity contribution in [1.29, 1.82) is 0 Å². The van der Waals surface area contributed by atoms with Crippen LogP contribution >= 0.6 is 35.0 Å². The average Bonchev–Trinajstić information content (AvgIpc) is 3.00. The lowest BCUT2D eigenvalue weighted by molar-refractivity contribution is 0.176. The van der Waals surface area contributed by atoms with Gasteiger partial charge in [-0.05, 0) is 36.2 Å². The number of hydrogen-bond donors (Lipinski definition) is 0. The maximum atomic E-state index is 6.18. The Labute approximate surface area is 161 Å². The van der Waals surface area contributed by atoms with Crippen LogP contribution in [-0.4, -0.2) is 21.9 Å². The predicted molar refractivity (Wildman–Crippen MR) is 103 cm³/mol. The zero-order chi connectivity index (χ0) is 17.8. The van der Waals surface area contributed by atoms with Gasteiger partial charge in [0.1, 0.15) is 6.61 Å². The molecule has 0 saturated heterocycles. The largest absolute Gasteiger partial charge is 0.377 e. The van der Waals surface area contributed by atoms with Gasteiger partial charge in [0.15, 0.2) is 11.0 Å². The van der Waals surface area contributed by atoms with Crippen LogP contribution in [-0.2, 0) is 17.1 Å². The van der Waals surface area contributed by atoms with Gasteiger partial charge in [0.25, 0.3) is 0 Å². The summed E-state index contributed by atoms with van der Waals surface area (Å²) in [6.07, 6.45) is 0. The topological polar surface area (TPSA) is 39.9 Å². The van der Waals surface area contributed by atoms with Crippen LogP contribution in [0.25, 0.3) is 5.69 Å². The number of benzene rings is 2. The first-order valence-corrected chi connectivity index (χ1v) is 9.40. The standard InChI is InChI=1S/C18H17Cl2N3OS/c1-12-5-3-4-6-13(12)11-25-18-22-21-17(10-24-2)23(18)14-7-8-15(19)16(20)9-14/h3-9H,10-11H2,1-2H3. The Morgan fingerprint density at radius 3 is 2.60 bits per heavy atom. The third-order valence-electron chi connectivity index (χ3n) is 3.75. The number of hydrogen-bond acceptors (Lipinski definition) is 4. The molecule has 0 aliphatic rings. The van der Waals surface area contributed by atoms with Gasteiger partial charge in [0.05, 0.1) is 15.7 Å². The van der Waals surface area contributed by atoms with Crippen LogP contribution in [0, 0.1) is 6.92 Å². The van der Waals surface area contributed by atoms with Crippen LogP contribution in [0.15, 0.2) is 47.6 Å². The van der Waals surface area contributed by atoms with Gasteiger partial charge in [-0.3, -0.25) is 4.57 Å². The van der Waals surface area contributed by atoms with Crippen molar-refractivity contribution < 1.29 is 4.74 Å². The first kappa shape index (κ1) is 18.3. The fraction of sp³-hybridized carbons (Fsp3) is 0.222. The smallest absolute Gasteiger partial charge is 0.196 e. The number of rotatable bonds is 6. The van der Waals surface area contributed by atoms with Crippen molar-refractivity contribution in [1.82, 2.24) is 14.8 Å². The summed E-state index contributed by atoms with van der Waals surface area (Å²) in [4.78, 5) is 0. The summed E-state index contributed by atoms with van der Waals surface area (Å²) >= 11 is 13.8. The van der Waals surface area contributed by atoms with Crippen LogP contribution < -0.4 is 0 Å². The quantitative estimate of drug-likeness (QED) is 0.531. The minimum absolute atomic E-state index is 0.359. The van der Waals surface area contributed by atoms with Crippen molar-refractivity contribution in [2.24, 2.45) is 0 Å². The molecule has 3 rings (SSSR count). The highest BCUT2D eigenvalue weighted by Gasteiger charge is 2.15. The van der Waals surface area contributed by atoms with Gasteiger partial charge in [0, 0.05) is 12.9 Å². The fourth-order valence-corrected chi connectivity index (χ4v) is 3.75. The molecule has 0 spiro atoms. The lowest BCUT2D eigenvalue weighted by Gasteiger charge is -2.11. The van der Waals surface area contributed by atoms with Crippen molar-refractivity contribution in [3.05, 3.63) is 69.5 Å². The van der Waals surface area contributed by atoms with E-state index in [1.807, 2.05) is 28.8 Å². The van der Waals surface area contributed by atoms with Gasteiger partial charge >= 0.3 is 0 Å². The van der Waals surface area contributed by atoms with E-state index in [0.717, 1.165) is 16.6 Å². The molecule has 4 nitrogen and oxygen atoms in total.